The van der Waals surface area contributed by atoms with Crippen LogP contribution in [0.5, 0.6) is 5.75 Å². The summed E-state index contributed by atoms with van der Waals surface area (Å²) in [6.07, 6.45) is -0.0811. The van der Waals surface area contributed by atoms with E-state index in [9.17, 15) is 14.4 Å². The van der Waals surface area contributed by atoms with Crippen molar-refractivity contribution in [1.82, 2.24) is 5.06 Å². The molecule has 0 spiro atoms. The van der Waals surface area contributed by atoms with Gasteiger partial charge in [-0.1, -0.05) is 35.4 Å². The zero-order valence-electron chi connectivity index (χ0n) is 12.1. The van der Waals surface area contributed by atoms with E-state index in [2.05, 4.69) is 0 Å². The molecule has 0 bridgehead atoms. The van der Waals surface area contributed by atoms with Gasteiger partial charge in [0.15, 0.2) is 0 Å². The lowest BCUT2D eigenvalue weighted by Crippen LogP contribution is -2.33. The van der Waals surface area contributed by atoms with Crippen LogP contribution in [0.4, 0.5) is 0 Å². The van der Waals surface area contributed by atoms with Gasteiger partial charge in [-0.2, -0.15) is 0 Å². The van der Waals surface area contributed by atoms with E-state index in [-0.39, 0.29) is 24.2 Å². The molecule has 0 atom stereocenters. The van der Waals surface area contributed by atoms with Crippen molar-refractivity contribution in [3.63, 3.8) is 0 Å². The van der Waals surface area contributed by atoms with Gasteiger partial charge in [-0.3, -0.25) is 9.59 Å². The Labute approximate surface area is 132 Å². The van der Waals surface area contributed by atoms with Gasteiger partial charge in [0, 0.05) is 0 Å². The second-order valence-electron chi connectivity index (χ2n) is 4.83. The van der Waals surface area contributed by atoms with Gasteiger partial charge in [0.2, 0.25) is 0 Å². The van der Waals surface area contributed by atoms with Crippen LogP contribution in [-0.2, 0) is 9.63 Å². The Morgan fingerprint density at radius 2 is 1.43 bits per heavy atom. The number of nitrogens with zero attached hydrogens (tertiary/aromatic N) is 1. The Balaban J connectivity index is 1.55. The number of ether oxygens (including phenoxy) is 1. The number of hydroxylamine groups is 2. The van der Waals surface area contributed by atoms with E-state index in [1.807, 2.05) is 18.2 Å². The summed E-state index contributed by atoms with van der Waals surface area (Å²) in [6.45, 7) is 0.0893. The number of benzene rings is 2. The highest BCUT2D eigenvalue weighted by atomic mass is 16.7. The molecule has 1 aliphatic heterocycles. The summed E-state index contributed by atoms with van der Waals surface area (Å²) in [5, 5.41) is 0.496. The molecule has 1 aliphatic rings. The first-order valence-electron chi connectivity index (χ1n) is 7.03. The fraction of sp³-hybridized carbons (Fsp3) is 0.118. The van der Waals surface area contributed by atoms with Crippen LogP contribution in [0.1, 0.15) is 27.1 Å². The van der Waals surface area contributed by atoms with Gasteiger partial charge in [0.05, 0.1) is 24.2 Å². The van der Waals surface area contributed by atoms with Gasteiger partial charge < -0.3 is 9.57 Å². The van der Waals surface area contributed by atoms with Crippen molar-refractivity contribution < 1.29 is 24.0 Å². The summed E-state index contributed by atoms with van der Waals surface area (Å²) in [6, 6.07) is 15.3. The molecule has 116 valence electrons. The first-order chi connectivity index (χ1) is 11.2. The second-order valence-corrected chi connectivity index (χ2v) is 4.83. The largest absolute Gasteiger partial charge is 0.493 e. The number of imide groups is 1. The number of hydrogen-bond acceptors (Lipinski definition) is 5. The predicted octanol–water partition coefficient (Wildman–Crippen LogP) is 2.21. The van der Waals surface area contributed by atoms with E-state index in [0.717, 1.165) is 0 Å². The van der Waals surface area contributed by atoms with Gasteiger partial charge in [-0.25, -0.2) is 4.79 Å². The van der Waals surface area contributed by atoms with Gasteiger partial charge in [-0.05, 0) is 24.3 Å². The van der Waals surface area contributed by atoms with Crippen LogP contribution >= 0.6 is 0 Å². The van der Waals surface area contributed by atoms with Crippen LogP contribution in [0.2, 0.25) is 0 Å². The molecule has 0 radical (unpaired) electrons. The van der Waals surface area contributed by atoms with Crippen molar-refractivity contribution in [2.75, 3.05) is 6.61 Å². The second kappa shape index (κ2) is 6.31. The molecular formula is C17H13NO5. The molecule has 0 unspecified atom stereocenters. The summed E-state index contributed by atoms with van der Waals surface area (Å²) >= 11 is 0. The third-order valence-corrected chi connectivity index (χ3v) is 3.27. The van der Waals surface area contributed by atoms with Crippen LogP contribution in [0.3, 0.4) is 0 Å². The van der Waals surface area contributed by atoms with Crippen LogP contribution in [-0.4, -0.2) is 29.5 Å². The number of rotatable bonds is 5. The summed E-state index contributed by atoms with van der Waals surface area (Å²) in [5.41, 5.74) is 0.455. The predicted molar refractivity (Wildman–Crippen MR) is 79.6 cm³/mol. The van der Waals surface area contributed by atoms with Crippen molar-refractivity contribution >= 4 is 17.8 Å². The minimum Gasteiger partial charge on any atom is -0.493 e. The van der Waals surface area contributed by atoms with E-state index in [4.69, 9.17) is 9.57 Å². The SMILES string of the molecule is O=C(CCOc1ccccc1)ON1C(=O)c2ccccc2C1=O. The molecule has 3 rings (SSSR count). The maximum Gasteiger partial charge on any atom is 0.336 e. The van der Waals surface area contributed by atoms with Crippen LogP contribution in [0, 0.1) is 0 Å². The van der Waals surface area contributed by atoms with Crippen molar-refractivity contribution in [2.24, 2.45) is 0 Å². The molecule has 0 saturated carbocycles. The number of para-hydroxylation sites is 1. The van der Waals surface area contributed by atoms with E-state index in [1.54, 1.807) is 24.3 Å². The monoisotopic (exact) mass is 311 g/mol. The van der Waals surface area contributed by atoms with Gasteiger partial charge >= 0.3 is 5.97 Å². The maximum atomic E-state index is 12.0. The Hall–Kier alpha value is -3.15. The third-order valence-electron chi connectivity index (χ3n) is 3.27. The van der Waals surface area contributed by atoms with E-state index < -0.39 is 17.8 Å². The molecule has 2 amide bonds. The van der Waals surface area contributed by atoms with E-state index >= 15 is 0 Å². The molecule has 1 heterocycles. The van der Waals surface area contributed by atoms with Crippen molar-refractivity contribution in [3.8, 4) is 5.75 Å². The standard InChI is InChI=1S/C17H13NO5/c19-15(10-11-22-12-6-2-1-3-7-12)23-18-16(20)13-8-4-5-9-14(13)17(18)21/h1-9H,10-11H2. The van der Waals surface area contributed by atoms with E-state index in [0.29, 0.717) is 10.8 Å². The Kier molecular flexibility index (Phi) is 4.05. The van der Waals surface area contributed by atoms with Gasteiger partial charge in [-0.15, -0.1) is 0 Å². The quantitative estimate of drug-likeness (QED) is 0.792. The topological polar surface area (TPSA) is 72.9 Å². The van der Waals surface area contributed by atoms with E-state index in [1.165, 1.54) is 12.1 Å². The zero-order chi connectivity index (χ0) is 16.2. The fourth-order valence-corrected chi connectivity index (χ4v) is 2.17. The zero-order valence-corrected chi connectivity index (χ0v) is 12.1. The number of amides is 2. The van der Waals surface area contributed by atoms with Crippen molar-refractivity contribution in [1.29, 1.82) is 0 Å². The van der Waals surface area contributed by atoms with Gasteiger partial charge in [0.25, 0.3) is 11.8 Å². The normalized spacial score (nSPS) is 13.0. The fourth-order valence-electron chi connectivity index (χ4n) is 2.17. The highest BCUT2D eigenvalue weighted by molar-refractivity contribution is 6.20. The summed E-state index contributed by atoms with van der Waals surface area (Å²) in [4.78, 5) is 40.7. The molecule has 6 nitrogen and oxygen atoms in total. The Bertz CT molecular complexity index is 722. The van der Waals surface area contributed by atoms with Crippen LogP contribution < -0.4 is 4.74 Å². The molecule has 6 heteroatoms. The molecule has 0 fully saturated rings. The lowest BCUT2D eigenvalue weighted by atomic mass is 10.1. The van der Waals surface area contributed by atoms with Gasteiger partial charge in [0.1, 0.15) is 5.75 Å². The van der Waals surface area contributed by atoms with Crippen molar-refractivity contribution in [2.45, 2.75) is 6.42 Å². The first kappa shape index (κ1) is 14.8. The average molecular weight is 311 g/mol. The highest BCUT2D eigenvalue weighted by Gasteiger charge is 2.38. The number of carbonyl (C=O) groups is 3. The molecule has 2 aromatic rings. The minimum absolute atomic E-state index is 0.0811. The number of carbonyl (C=O) groups excluding carboxylic acids is 3. The summed E-state index contributed by atoms with van der Waals surface area (Å²) in [5.74, 6) is -1.36. The lowest BCUT2D eigenvalue weighted by molar-refractivity contribution is -0.169. The smallest absolute Gasteiger partial charge is 0.336 e. The van der Waals surface area contributed by atoms with Crippen LogP contribution in [0.25, 0.3) is 0 Å². The minimum atomic E-state index is -0.713. The lowest BCUT2D eigenvalue weighted by Gasteiger charge is -2.12. The number of hydrogen-bond donors (Lipinski definition) is 0. The molecule has 2 aromatic carbocycles. The summed E-state index contributed by atoms with van der Waals surface area (Å²) in [7, 11) is 0. The maximum absolute atomic E-state index is 12.0. The number of fused-ring (bicyclic) bond motifs is 1. The highest BCUT2D eigenvalue weighted by Crippen LogP contribution is 2.22. The van der Waals surface area contributed by atoms with Crippen LogP contribution in [0.15, 0.2) is 54.6 Å². The molecule has 23 heavy (non-hydrogen) atoms. The third kappa shape index (κ3) is 3.06. The molecule has 0 N–H and O–H groups in total. The average Bonchev–Trinajstić information content (AvgIpc) is 2.81. The molecular weight excluding hydrogens is 298 g/mol. The molecule has 0 aromatic heterocycles. The summed E-state index contributed by atoms with van der Waals surface area (Å²) < 4.78 is 5.37. The Morgan fingerprint density at radius 1 is 0.870 bits per heavy atom. The molecule has 0 saturated heterocycles. The Morgan fingerprint density at radius 3 is 2.04 bits per heavy atom. The first-order valence-corrected chi connectivity index (χ1v) is 7.03. The van der Waals surface area contributed by atoms with Crippen molar-refractivity contribution in [3.05, 3.63) is 65.7 Å². The molecule has 0 aliphatic carbocycles.